The molecule has 1 aliphatic rings. The van der Waals surface area contributed by atoms with Crippen molar-refractivity contribution in [3.8, 4) is 0 Å². The van der Waals surface area contributed by atoms with E-state index in [0.717, 1.165) is 25.7 Å². The molecule has 0 amide bonds. The Morgan fingerprint density at radius 2 is 2.24 bits per heavy atom. The van der Waals surface area contributed by atoms with E-state index in [1.165, 1.54) is 0 Å². The van der Waals surface area contributed by atoms with E-state index in [1.54, 1.807) is 0 Å². The first-order valence-corrected chi connectivity index (χ1v) is 8.41. The van der Waals surface area contributed by atoms with Crippen LogP contribution in [0.5, 0.6) is 0 Å². The molecule has 1 saturated heterocycles. The SMILES string of the molecule is CCCC(C)NCCS(=O)(=O)CC1CCCO1. The highest BCUT2D eigenvalue weighted by Gasteiger charge is 2.22. The molecule has 4 nitrogen and oxygen atoms in total. The predicted molar refractivity (Wildman–Crippen MR) is 70.0 cm³/mol. The maximum Gasteiger partial charge on any atom is 0.154 e. The zero-order valence-corrected chi connectivity index (χ0v) is 11.8. The lowest BCUT2D eigenvalue weighted by Gasteiger charge is -2.14. The molecule has 0 radical (unpaired) electrons. The molecule has 1 N–H and O–H groups in total. The van der Waals surface area contributed by atoms with E-state index >= 15 is 0 Å². The Bertz CT molecular complexity index is 297. The maximum absolute atomic E-state index is 11.8. The highest BCUT2D eigenvalue weighted by atomic mass is 32.2. The van der Waals surface area contributed by atoms with Gasteiger partial charge in [0.1, 0.15) is 0 Å². The van der Waals surface area contributed by atoms with Crippen LogP contribution in [0.15, 0.2) is 0 Å². The fourth-order valence-electron chi connectivity index (χ4n) is 2.14. The Hall–Kier alpha value is -0.130. The van der Waals surface area contributed by atoms with Gasteiger partial charge in [-0.15, -0.1) is 0 Å². The molecular formula is C12H25NO3S. The van der Waals surface area contributed by atoms with Gasteiger partial charge in [-0.2, -0.15) is 0 Å². The van der Waals surface area contributed by atoms with E-state index in [1.807, 2.05) is 0 Å². The lowest BCUT2D eigenvalue weighted by Crippen LogP contribution is -2.33. The topological polar surface area (TPSA) is 55.4 Å². The van der Waals surface area contributed by atoms with E-state index in [-0.39, 0.29) is 17.6 Å². The van der Waals surface area contributed by atoms with Crippen molar-refractivity contribution in [2.45, 2.75) is 51.7 Å². The number of rotatable bonds is 8. The Morgan fingerprint density at radius 1 is 1.47 bits per heavy atom. The Labute approximate surface area is 105 Å². The highest BCUT2D eigenvalue weighted by Crippen LogP contribution is 2.14. The standard InChI is InChI=1S/C12H25NO3S/c1-3-5-11(2)13-7-9-17(14,15)10-12-6-4-8-16-12/h11-13H,3-10H2,1-2H3. The van der Waals surface area contributed by atoms with Crippen molar-refractivity contribution in [3.63, 3.8) is 0 Å². The summed E-state index contributed by atoms with van der Waals surface area (Å²) in [4.78, 5) is 0. The monoisotopic (exact) mass is 263 g/mol. The van der Waals surface area contributed by atoms with E-state index in [0.29, 0.717) is 19.2 Å². The van der Waals surface area contributed by atoms with Crippen molar-refractivity contribution in [1.29, 1.82) is 0 Å². The predicted octanol–water partition coefficient (Wildman–Crippen LogP) is 1.36. The number of sulfone groups is 1. The number of nitrogens with one attached hydrogen (secondary N) is 1. The molecule has 2 unspecified atom stereocenters. The maximum atomic E-state index is 11.8. The molecule has 17 heavy (non-hydrogen) atoms. The highest BCUT2D eigenvalue weighted by molar-refractivity contribution is 7.91. The lowest BCUT2D eigenvalue weighted by atomic mass is 10.2. The molecule has 0 spiro atoms. The molecule has 1 rings (SSSR count). The van der Waals surface area contributed by atoms with Crippen LogP contribution in [-0.2, 0) is 14.6 Å². The Morgan fingerprint density at radius 3 is 2.82 bits per heavy atom. The third-order valence-corrected chi connectivity index (χ3v) is 4.80. The molecule has 0 aromatic heterocycles. The second-order valence-electron chi connectivity index (χ2n) is 4.89. The van der Waals surface area contributed by atoms with E-state index in [9.17, 15) is 8.42 Å². The van der Waals surface area contributed by atoms with Crippen molar-refractivity contribution in [2.75, 3.05) is 24.7 Å². The van der Waals surface area contributed by atoms with Gasteiger partial charge in [-0.05, 0) is 26.2 Å². The van der Waals surface area contributed by atoms with Crippen LogP contribution >= 0.6 is 0 Å². The lowest BCUT2D eigenvalue weighted by molar-refractivity contribution is 0.127. The Kier molecular flexibility index (Phi) is 6.44. The largest absolute Gasteiger partial charge is 0.377 e. The van der Waals surface area contributed by atoms with Crippen molar-refractivity contribution in [2.24, 2.45) is 0 Å². The molecule has 102 valence electrons. The van der Waals surface area contributed by atoms with Gasteiger partial charge in [-0.3, -0.25) is 0 Å². The molecule has 0 aliphatic carbocycles. The van der Waals surface area contributed by atoms with Crippen molar-refractivity contribution < 1.29 is 13.2 Å². The number of hydrogen-bond donors (Lipinski definition) is 1. The number of hydrogen-bond acceptors (Lipinski definition) is 4. The minimum absolute atomic E-state index is 0.0620. The third kappa shape index (κ3) is 6.38. The summed E-state index contributed by atoms with van der Waals surface area (Å²) >= 11 is 0. The van der Waals surface area contributed by atoms with Crippen LogP contribution < -0.4 is 5.32 Å². The molecule has 2 atom stereocenters. The van der Waals surface area contributed by atoms with Crippen LogP contribution in [0.25, 0.3) is 0 Å². The summed E-state index contributed by atoms with van der Waals surface area (Å²) in [6.07, 6.45) is 4.03. The van der Waals surface area contributed by atoms with Gasteiger partial charge in [0.05, 0.1) is 17.6 Å². The summed E-state index contributed by atoms with van der Waals surface area (Å²) in [7, 11) is -2.96. The van der Waals surface area contributed by atoms with Gasteiger partial charge in [0, 0.05) is 19.2 Å². The minimum atomic E-state index is -2.96. The summed E-state index contributed by atoms with van der Waals surface area (Å²) in [6, 6.07) is 0.401. The van der Waals surface area contributed by atoms with Gasteiger partial charge in [0.15, 0.2) is 9.84 Å². The Balaban J connectivity index is 2.19. The first-order valence-electron chi connectivity index (χ1n) is 6.59. The van der Waals surface area contributed by atoms with Gasteiger partial charge >= 0.3 is 0 Å². The second-order valence-corrected chi connectivity index (χ2v) is 7.12. The van der Waals surface area contributed by atoms with E-state index < -0.39 is 9.84 Å². The van der Waals surface area contributed by atoms with Gasteiger partial charge in [-0.25, -0.2) is 8.42 Å². The summed E-state index contributed by atoms with van der Waals surface area (Å²) in [5, 5.41) is 3.24. The minimum Gasteiger partial charge on any atom is -0.377 e. The second kappa shape index (κ2) is 7.34. The van der Waals surface area contributed by atoms with Crippen LogP contribution in [0.4, 0.5) is 0 Å². The quantitative estimate of drug-likeness (QED) is 0.718. The number of ether oxygens (including phenoxy) is 1. The molecule has 5 heteroatoms. The average Bonchev–Trinajstić information content (AvgIpc) is 2.69. The summed E-state index contributed by atoms with van der Waals surface area (Å²) < 4.78 is 29.0. The fraction of sp³-hybridized carbons (Fsp3) is 1.00. The molecule has 0 bridgehead atoms. The first-order chi connectivity index (χ1) is 8.03. The zero-order chi connectivity index (χ0) is 12.7. The molecule has 0 aromatic carbocycles. The van der Waals surface area contributed by atoms with Gasteiger partial charge in [0.25, 0.3) is 0 Å². The molecule has 1 heterocycles. The average molecular weight is 263 g/mol. The first kappa shape index (κ1) is 14.9. The molecule has 1 fully saturated rings. The van der Waals surface area contributed by atoms with Crippen LogP contribution in [0.3, 0.4) is 0 Å². The summed E-state index contributed by atoms with van der Waals surface area (Å²) in [5.41, 5.74) is 0. The van der Waals surface area contributed by atoms with Crippen molar-refractivity contribution in [1.82, 2.24) is 5.32 Å². The van der Waals surface area contributed by atoms with Gasteiger partial charge in [-0.1, -0.05) is 13.3 Å². The van der Waals surface area contributed by atoms with Crippen LogP contribution in [-0.4, -0.2) is 45.2 Å². The van der Waals surface area contributed by atoms with Crippen molar-refractivity contribution in [3.05, 3.63) is 0 Å². The smallest absolute Gasteiger partial charge is 0.154 e. The third-order valence-electron chi connectivity index (χ3n) is 3.09. The fourth-order valence-corrected chi connectivity index (χ4v) is 3.56. The van der Waals surface area contributed by atoms with Crippen molar-refractivity contribution >= 4 is 9.84 Å². The van der Waals surface area contributed by atoms with Crippen LogP contribution in [0.1, 0.15) is 39.5 Å². The van der Waals surface area contributed by atoms with E-state index in [4.69, 9.17) is 4.74 Å². The normalized spacial score (nSPS) is 22.8. The van der Waals surface area contributed by atoms with Crippen LogP contribution in [0.2, 0.25) is 0 Å². The molecule has 0 saturated carbocycles. The van der Waals surface area contributed by atoms with Crippen LogP contribution in [0, 0.1) is 0 Å². The van der Waals surface area contributed by atoms with Gasteiger partial charge in [0.2, 0.25) is 0 Å². The molecule has 1 aliphatic heterocycles. The summed E-state index contributed by atoms with van der Waals surface area (Å²) in [5.74, 6) is 0.414. The zero-order valence-electron chi connectivity index (χ0n) is 10.9. The molecule has 0 aromatic rings. The summed E-state index contributed by atoms with van der Waals surface area (Å²) in [6.45, 7) is 5.49. The van der Waals surface area contributed by atoms with E-state index in [2.05, 4.69) is 19.2 Å². The molecular weight excluding hydrogens is 238 g/mol. The van der Waals surface area contributed by atoms with Gasteiger partial charge < -0.3 is 10.1 Å².